The summed E-state index contributed by atoms with van der Waals surface area (Å²) in [6.45, 7) is 9.73. The molecule has 2 N–H and O–H groups in total. The van der Waals surface area contributed by atoms with Crippen molar-refractivity contribution in [3.05, 3.63) is 102 Å². The van der Waals surface area contributed by atoms with E-state index in [-0.39, 0.29) is 12.1 Å². The molecule has 0 aliphatic heterocycles. The van der Waals surface area contributed by atoms with E-state index in [9.17, 15) is 5.11 Å². The molecule has 0 spiro atoms. The van der Waals surface area contributed by atoms with Crippen molar-refractivity contribution in [2.24, 2.45) is 0 Å². The van der Waals surface area contributed by atoms with Crippen molar-refractivity contribution in [1.29, 1.82) is 0 Å². The Bertz CT molecular complexity index is 887. The largest absolute Gasteiger partial charge is 0.491 e. The monoisotopic (exact) mass is 432 g/mol. The Morgan fingerprint density at radius 3 is 1.94 bits per heavy atom. The van der Waals surface area contributed by atoms with Gasteiger partial charge in [-0.1, -0.05) is 78.9 Å². The average Bonchev–Trinajstić information content (AvgIpc) is 2.78. The van der Waals surface area contributed by atoms with Gasteiger partial charge in [0.05, 0.1) is 0 Å². The quantitative estimate of drug-likeness (QED) is 0.431. The van der Waals surface area contributed by atoms with E-state index in [0.717, 1.165) is 30.9 Å². The first kappa shape index (κ1) is 24.0. The number of hydrogen-bond acceptors (Lipinski definition) is 4. The summed E-state index contributed by atoms with van der Waals surface area (Å²) in [7, 11) is 0. The molecule has 0 bridgehead atoms. The number of aryl methyl sites for hydroxylation is 1. The van der Waals surface area contributed by atoms with Gasteiger partial charge in [-0.05, 0) is 43.5 Å². The average molecular weight is 433 g/mol. The van der Waals surface area contributed by atoms with Crippen LogP contribution in [0.1, 0.15) is 30.5 Å². The highest BCUT2D eigenvalue weighted by Gasteiger charge is 2.23. The molecule has 3 rings (SSSR count). The molecule has 0 aromatic heterocycles. The lowest BCUT2D eigenvalue weighted by atomic mass is 10.0. The summed E-state index contributed by atoms with van der Waals surface area (Å²) in [5.41, 5.74) is 3.50. The fourth-order valence-corrected chi connectivity index (χ4v) is 3.82. The second-order valence-electron chi connectivity index (χ2n) is 9.11. The molecular formula is C28H36N2O2. The molecule has 0 radical (unpaired) electrons. The number of nitrogens with one attached hydrogen (secondary N) is 1. The number of hydrogen-bond donors (Lipinski definition) is 2. The van der Waals surface area contributed by atoms with Crippen LogP contribution in [0.4, 0.5) is 0 Å². The molecule has 0 fully saturated rings. The van der Waals surface area contributed by atoms with Crippen molar-refractivity contribution in [3.8, 4) is 5.75 Å². The van der Waals surface area contributed by atoms with Gasteiger partial charge in [0.2, 0.25) is 0 Å². The van der Waals surface area contributed by atoms with Crippen LogP contribution in [0.25, 0.3) is 0 Å². The summed E-state index contributed by atoms with van der Waals surface area (Å²) >= 11 is 0. The maximum Gasteiger partial charge on any atom is 0.122 e. The number of ether oxygens (including phenoxy) is 1. The second kappa shape index (κ2) is 11.8. The number of aliphatic hydroxyl groups is 1. The molecule has 4 heteroatoms. The van der Waals surface area contributed by atoms with Crippen LogP contribution in [0.15, 0.2) is 84.9 Å². The Morgan fingerprint density at radius 1 is 0.844 bits per heavy atom. The molecule has 0 saturated heterocycles. The minimum absolute atomic E-state index is 0.173. The minimum atomic E-state index is -0.578. The summed E-state index contributed by atoms with van der Waals surface area (Å²) in [6, 6.07) is 29.0. The molecule has 0 aliphatic rings. The molecule has 3 aromatic rings. The molecule has 170 valence electrons. The zero-order chi connectivity index (χ0) is 22.8. The second-order valence-corrected chi connectivity index (χ2v) is 9.11. The third-order valence-corrected chi connectivity index (χ3v) is 5.46. The first-order valence-corrected chi connectivity index (χ1v) is 11.3. The van der Waals surface area contributed by atoms with Gasteiger partial charge in [-0.2, -0.15) is 0 Å². The highest BCUT2D eigenvalue weighted by molar-refractivity contribution is 5.31. The number of nitrogens with zero attached hydrogens (tertiary/aromatic N) is 1. The van der Waals surface area contributed by atoms with Crippen molar-refractivity contribution in [1.82, 2.24) is 10.2 Å². The summed E-state index contributed by atoms with van der Waals surface area (Å²) in [5, 5.41) is 14.0. The predicted octanol–water partition coefficient (Wildman–Crippen LogP) is 4.81. The molecule has 32 heavy (non-hydrogen) atoms. The van der Waals surface area contributed by atoms with Gasteiger partial charge in [0.1, 0.15) is 18.5 Å². The molecule has 1 unspecified atom stereocenters. The van der Waals surface area contributed by atoms with Crippen LogP contribution in [0.2, 0.25) is 0 Å². The van der Waals surface area contributed by atoms with Gasteiger partial charge in [0.25, 0.3) is 0 Å². The fraction of sp³-hybridized carbons (Fsp3) is 0.357. The lowest BCUT2D eigenvalue weighted by Gasteiger charge is -2.34. The standard InChI is InChI=1S/C28H36N2O2/c1-23-12-10-11-17-27(23)32-21-26(31)18-29-28(2,3)22-30(19-24-13-6-4-7-14-24)20-25-15-8-5-9-16-25/h4-17,26,29,31H,18-22H2,1-3H3. The van der Waals surface area contributed by atoms with Gasteiger partial charge in [-0.3, -0.25) is 4.90 Å². The smallest absolute Gasteiger partial charge is 0.122 e. The van der Waals surface area contributed by atoms with Gasteiger partial charge in [-0.15, -0.1) is 0 Å². The van der Waals surface area contributed by atoms with E-state index in [0.29, 0.717) is 6.54 Å². The van der Waals surface area contributed by atoms with E-state index in [1.165, 1.54) is 11.1 Å². The van der Waals surface area contributed by atoms with Gasteiger partial charge >= 0.3 is 0 Å². The minimum Gasteiger partial charge on any atom is -0.491 e. The summed E-state index contributed by atoms with van der Waals surface area (Å²) in [4.78, 5) is 2.45. The SMILES string of the molecule is Cc1ccccc1OCC(O)CNC(C)(C)CN(Cc1ccccc1)Cc1ccccc1. The van der Waals surface area contributed by atoms with Gasteiger partial charge in [-0.25, -0.2) is 0 Å². The number of rotatable bonds is 12. The van der Waals surface area contributed by atoms with E-state index in [4.69, 9.17) is 4.74 Å². The molecule has 0 aliphatic carbocycles. The fourth-order valence-electron chi connectivity index (χ4n) is 3.82. The molecular weight excluding hydrogens is 396 g/mol. The van der Waals surface area contributed by atoms with E-state index in [1.807, 2.05) is 31.2 Å². The third kappa shape index (κ3) is 8.12. The number of β-amino-alcohol motifs (C(OH)–C–C–N with tert-alkyl or cyclic N) is 1. The Morgan fingerprint density at radius 2 is 1.38 bits per heavy atom. The Hall–Kier alpha value is -2.66. The van der Waals surface area contributed by atoms with E-state index < -0.39 is 6.10 Å². The predicted molar refractivity (Wildman–Crippen MR) is 132 cm³/mol. The summed E-state index contributed by atoms with van der Waals surface area (Å²) < 4.78 is 5.80. The first-order chi connectivity index (χ1) is 15.4. The van der Waals surface area contributed by atoms with Crippen LogP contribution in [-0.4, -0.2) is 41.3 Å². The maximum absolute atomic E-state index is 10.5. The lowest BCUT2D eigenvalue weighted by Crippen LogP contribution is -2.51. The van der Waals surface area contributed by atoms with Crippen molar-refractivity contribution >= 4 is 0 Å². The van der Waals surface area contributed by atoms with Gasteiger partial charge in [0, 0.05) is 31.7 Å². The molecule has 3 aromatic carbocycles. The normalized spacial score (nSPS) is 12.7. The van der Waals surface area contributed by atoms with Gasteiger partial charge in [0.15, 0.2) is 0 Å². The summed E-state index contributed by atoms with van der Waals surface area (Å²) in [5.74, 6) is 0.822. The molecule has 0 saturated carbocycles. The highest BCUT2D eigenvalue weighted by Crippen LogP contribution is 2.17. The van der Waals surface area contributed by atoms with Crippen LogP contribution < -0.4 is 10.1 Å². The van der Waals surface area contributed by atoms with E-state index in [2.05, 4.69) is 84.7 Å². The van der Waals surface area contributed by atoms with Gasteiger partial charge < -0.3 is 15.2 Å². The Balaban J connectivity index is 1.55. The van der Waals surface area contributed by atoms with Crippen LogP contribution in [-0.2, 0) is 13.1 Å². The molecule has 0 heterocycles. The van der Waals surface area contributed by atoms with E-state index >= 15 is 0 Å². The number of para-hydroxylation sites is 1. The Kier molecular flexibility index (Phi) is 8.86. The zero-order valence-corrected chi connectivity index (χ0v) is 19.5. The lowest BCUT2D eigenvalue weighted by molar-refractivity contribution is 0.0921. The van der Waals surface area contributed by atoms with Crippen LogP contribution >= 0.6 is 0 Å². The van der Waals surface area contributed by atoms with Crippen molar-refractivity contribution in [2.45, 2.75) is 45.5 Å². The zero-order valence-electron chi connectivity index (χ0n) is 19.5. The molecule has 4 nitrogen and oxygen atoms in total. The molecule has 0 amide bonds. The van der Waals surface area contributed by atoms with Crippen molar-refractivity contribution in [3.63, 3.8) is 0 Å². The third-order valence-electron chi connectivity index (χ3n) is 5.46. The van der Waals surface area contributed by atoms with Crippen molar-refractivity contribution in [2.75, 3.05) is 19.7 Å². The van der Waals surface area contributed by atoms with Crippen LogP contribution in [0.3, 0.4) is 0 Å². The van der Waals surface area contributed by atoms with Crippen molar-refractivity contribution < 1.29 is 9.84 Å². The number of benzene rings is 3. The maximum atomic E-state index is 10.5. The topological polar surface area (TPSA) is 44.7 Å². The first-order valence-electron chi connectivity index (χ1n) is 11.3. The Labute approximate surface area is 192 Å². The number of aliphatic hydroxyl groups excluding tert-OH is 1. The van der Waals surface area contributed by atoms with Crippen LogP contribution in [0, 0.1) is 6.92 Å². The molecule has 1 atom stereocenters. The van der Waals surface area contributed by atoms with Crippen LogP contribution in [0.5, 0.6) is 5.75 Å². The van der Waals surface area contributed by atoms with E-state index in [1.54, 1.807) is 0 Å². The highest BCUT2D eigenvalue weighted by atomic mass is 16.5. The summed E-state index contributed by atoms with van der Waals surface area (Å²) in [6.07, 6.45) is -0.578.